The molecule has 1 aliphatic rings. The van der Waals surface area contributed by atoms with Crippen LogP contribution >= 0.6 is 11.6 Å². The van der Waals surface area contributed by atoms with Crippen LogP contribution in [0.1, 0.15) is 26.7 Å². The predicted molar refractivity (Wildman–Crippen MR) is 118 cm³/mol. The zero-order valence-electron chi connectivity index (χ0n) is 17.1. The second-order valence-electron chi connectivity index (χ2n) is 8.40. The Hall–Kier alpha value is -1.97. The highest BCUT2D eigenvalue weighted by Crippen LogP contribution is 2.55. The molecule has 2 aromatic rings. The molecule has 1 aliphatic carbocycles. The van der Waals surface area contributed by atoms with Crippen molar-refractivity contribution in [1.29, 1.82) is 0 Å². The Morgan fingerprint density at radius 2 is 1.35 bits per heavy atom. The summed E-state index contributed by atoms with van der Waals surface area (Å²) in [5.41, 5.74) is 0. The summed E-state index contributed by atoms with van der Waals surface area (Å²) < 4.78 is 53.3. The SMILES string of the molecule is CC(C)(Cl)C1CC(S(=O)(=O)c2ccccc2)(S(=O)(=O)c2ccccc2)CC1C[N+](=O)[O-]. The molecule has 0 radical (unpaired) electrons. The van der Waals surface area contributed by atoms with Gasteiger partial charge in [-0.2, -0.15) is 0 Å². The second kappa shape index (κ2) is 8.18. The van der Waals surface area contributed by atoms with Gasteiger partial charge in [-0.1, -0.05) is 36.4 Å². The number of halogens is 1. The molecule has 0 N–H and O–H groups in total. The lowest BCUT2D eigenvalue weighted by atomic mass is 9.85. The quantitative estimate of drug-likeness (QED) is 0.333. The number of sulfone groups is 2. The van der Waals surface area contributed by atoms with Gasteiger partial charge in [0, 0.05) is 15.7 Å². The van der Waals surface area contributed by atoms with Crippen LogP contribution in [-0.2, 0) is 19.7 Å². The molecule has 0 aliphatic heterocycles. The molecule has 2 unspecified atom stereocenters. The Bertz CT molecular complexity index is 1090. The lowest BCUT2D eigenvalue weighted by Crippen LogP contribution is -2.45. The Balaban J connectivity index is 2.30. The van der Waals surface area contributed by atoms with Gasteiger partial charge in [0.2, 0.25) is 6.54 Å². The number of alkyl halides is 1. The van der Waals surface area contributed by atoms with E-state index in [4.69, 9.17) is 11.6 Å². The first-order chi connectivity index (χ1) is 14.3. The van der Waals surface area contributed by atoms with E-state index in [1.165, 1.54) is 48.5 Å². The third kappa shape index (κ3) is 4.10. The van der Waals surface area contributed by atoms with E-state index in [2.05, 4.69) is 0 Å². The van der Waals surface area contributed by atoms with Crippen molar-refractivity contribution < 1.29 is 21.8 Å². The van der Waals surface area contributed by atoms with Crippen LogP contribution < -0.4 is 0 Å². The standard InChI is InChI=1S/C21H24ClNO6S2/c1-20(2,22)19-14-21(13-16(19)15-23(24)25,30(26,27)17-9-5-3-6-10-17)31(28,29)18-11-7-4-8-12-18/h3-12,16,19H,13-15H2,1-2H3. The summed E-state index contributed by atoms with van der Waals surface area (Å²) in [6.07, 6.45) is -0.723. The van der Waals surface area contributed by atoms with Crippen molar-refractivity contribution in [3.63, 3.8) is 0 Å². The van der Waals surface area contributed by atoms with Crippen LogP contribution in [0, 0.1) is 22.0 Å². The average Bonchev–Trinajstić information content (AvgIpc) is 3.11. The summed E-state index contributed by atoms with van der Waals surface area (Å²) in [6.45, 7) is 2.70. The van der Waals surface area contributed by atoms with Crippen molar-refractivity contribution in [2.45, 2.75) is 45.4 Å². The van der Waals surface area contributed by atoms with Crippen molar-refractivity contribution >= 4 is 31.3 Å². The number of hydrogen-bond acceptors (Lipinski definition) is 6. The van der Waals surface area contributed by atoms with Gasteiger partial charge in [0.05, 0.1) is 9.79 Å². The first-order valence-corrected chi connectivity index (χ1v) is 13.1. The number of benzene rings is 2. The highest BCUT2D eigenvalue weighted by Gasteiger charge is 2.65. The van der Waals surface area contributed by atoms with E-state index in [-0.39, 0.29) is 16.2 Å². The molecule has 0 bridgehead atoms. The Labute approximate surface area is 187 Å². The van der Waals surface area contributed by atoms with Crippen molar-refractivity contribution in [2.24, 2.45) is 11.8 Å². The van der Waals surface area contributed by atoms with E-state index in [9.17, 15) is 26.9 Å². The fourth-order valence-corrected chi connectivity index (χ4v) is 10.1. The van der Waals surface area contributed by atoms with Crippen molar-refractivity contribution in [2.75, 3.05) is 6.54 Å². The fourth-order valence-electron chi connectivity index (χ4n) is 4.53. The van der Waals surface area contributed by atoms with Gasteiger partial charge in [-0.25, -0.2) is 16.8 Å². The highest BCUT2D eigenvalue weighted by atomic mass is 35.5. The third-order valence-electron chi connectivity index (χ3n) is 6.02. The molecule has 168 valence electrons. The topological polar surface area (TPSA) is 111 Å². The van der Waals surface area contributed by atoms with E-state index in [1.54, 1.807) is 26.0 Å². The lowest BCUT2D eigenvalue weighted by Gasteiger charge is -2.31. The largest absolute Gasteiger partial charge is 0.265 e. The number of nitro groups is 1. The van der Waals surface area contributed by atoms with Gasteiger partial charge >= 0.3 is 0 Å². The van der Waals surface area contributed by atoms with E-state index in [0.717, 1.165) is 0 Å². The Morgan fingerprint density at radius 1 is 0.935 bits per heavy atom. The van der Waals surface area contributed by atoms with Gasteiger partial charge in [-0.3, -0.25) is 10.1 Å². The minimum absolute atomic E-state index is 0.137. The maximum absolute atomic E-state index is 13.9. The van der Waals surface area contributed by atoms with Gasteiger partial charge in [0.25, 0.3) is 0 Å². The molecule has 31 heavy (non-hydrogen) atoms. The number of rotatable bonds is 7. The first kappa shape index (κ1) is 23.7. The Kier molecular flexibility index (Phi) is 6.25. The Morgan fingerprint density at radius 3 is 1.71 bits per heavy atom. The third-order valence-corrected chi connectivity index (χ3v) is 12.0. The summed E-state index contributed by atoms with van der Waals surface area (Å²) in [5.74, 6) is -1.52. The normalized spacial score (nSPS) is 21.6. The van der Waals surface area contributed by atoms with Gasteiger partial charge in [-0.05, 0) is 56.9 Å². The minimum atomic E-state index is -4.44. The van der Waals surface area contributed by atoms with Gasteiger partial charge in [-0.15, -0.1) is 11.6 Å². The summed E-state index contributed by atoms with van der Waals surface area (Å²) in [6, 6.07) is 14.7. The van der Waals surface area contributed by atoms with Crippen LogP contribution in [-0.4, -0.2) is 37.3 Å². The maximum atomic E-state index is 13.9. The first-order valence-electron chi connectivity index (χ1n) is 9.73. The van der Waals surface area contributed by atoms with Gasteiger partial charge in [0.1, 0.15) is 0 Å². The molecule has 2 atom stereocenters. The van der Waals surface area contributed by atoms with Crippen molar-refractivity contribution in [3.05, 3.63) is 70.8 Å². The molecule has 2 aromatic carbocycles. The summed E-state index contributed by atoms with van der Waals surface area (Å²) in [7, 11) is -8.87. The molecule has 0 heterocycles. The fraction of sp³-hybridized carbons (Fsp3) is 0.429. The molecule has 0 aromatic heterocycles. The molecule has 0 amide bonds. The van der Waals surface area contributed by atoms with Crippen LogP contribution in [0.2, 0.25) is 0 Å². The maximum Gasteiger partial charge on any atom is 0.207 e. The molecule has 10 heteroatoms. The summed E-state index contributed by atoms with van der Waals surface area (Å²) in [4.78, 5) is 9.49. The van der Waals surface area contributed by atoms with Crippen LogP contribution in [0.4, 0.5) is 0 Å². The van der Waals surface area contributed by atoms with E-state index in [0.29, 0.717) is 0 Å². The van der Waals surface area contributed by atoms with Gasteiger partial charge < -0.3 is 0 Å². The average molecular weight is 486 g/mol. The minimum Gasteiger partial charge on any atom is -0.265 e. The van der Waals surface area contributed by atoms with Crippen molar-refractivity contribution in [3.8, 4) is 0 Å². The highest BCUT2D eigenvalue weighted by molar-refractivity contribution is 8.10. The predicted octanol–water partition coefficient (Wildman–Crippen LogP) is 3.95. The molecule has 0 saturated heterocycles. The van der Waals surface area contributed by atoms with Crippen LogP contribution in [0.15, 0.2) is 70.5 Å². The van der Waals surface area contributed by atoms with Crippen LogP contribution in [0.25, 0.3) is 0 Å². The summed E-state index contributed by atoms with van der Waals surface area (Å²) >= 11 is 6.52. The molecular weight excluding hydrogens is 462 g/mol. The van der Waals surface area contributed by atoms with Crippen LogP contribution in [0.3, 0.4) is 0 Å². The molecule has 1 saturated carbocycles. The molecule has 7 nitrogen and oxygen atoms in total. The lowest BCUT2D eigenvalue weighted by molar-refractivity contribution is -0.489. The van der Waals surface area contributed by atoms with Crippen LogP contribution in [0.5, 0.6) is 0 Å². The number of hydrogen-bond donors (Lipinski definition) is 0. The summed E-state index contributed by atoms with van der Waals surface area (Å²) in [5, 5.41) is 11.3. The molecule has 0 spiro atoms. The number of nitrogens with zero attached hydrogens (tertiary/aromatic N) is 1. The van der Waals surface area contributed by atoms with E-state index < -0.39 is 58.4 Å². The molecule has 3 rings (SSSR count). The second-order valence-corrected chi connectivity index (χ2v) is 14.2. The smallest absolute Gasteiger partial charge is 0.207 e. The molecule has 1 fully saturated rings. The zero-order valence-corrected chi connectivity index (χ0v) is 19.5. The molecular formula is C21H24ClNO6S2. The van der Waals surface area contributed by atoms with E-state index >= 15 is 0 Å². The van der Waals surface area contributed by atoms with Gasteiger partial charge in [0.15, 0.2) is 23.8 Å². The van der Waals surface area contributed by atoms with Crippen molar-refractivity contribution in [1.82, 2.24) is 0 Å². The monoisotopic (exact) mass is 485 g/mol. The van der Waals surface area contributed by atoms with E-state index in [1.807, 2.05) is 0 Å². The zero-order chi connectivity index (χ0) is 23.1.